The molecule has 0 unspecified atom stereocenters. The van der Waals surface area contributed by atoms with Crippen molar-refractivity contribution in [2.24, 2.45) is 0 Å². The number of rotatable bonds is 4. The molecule has 0 aliphatic heterocycles. The molecule has 5 nitrogen and oxygen atoms in total. The van der Waals surface area contributed by atoms with Crippen LogP contribution in [0.2, 0.25) is 0 Å². The number of carbonyl (C=O) groups is 1. The van der Waals surface area contributed by atoms with Gasteiger partial charge in [-0.05, 0) is 36.5 Å². The fraction of sp³-hybridized carbons (Fsp3) is 0.0909. The van der Waals surface area contributed by atoms with Crippen molar-refractivity contribution in [2.45, 2.75) is 13.0 Å². The molecule has 4 aromatic rings. The fourth-order valence-electron chi connectivity index (χ4n) is 3.33. The summed E-state index contributed by atoms with van der Waals surface area (Å²) in [7, 11) is 0. The number of aryl methyl sites for hydroxylation is 1. The molecule has 0 aliphatic carbocycles. The molecule has 3 N–H and O–H groups in total. The van der Waals surface area contributed by atoms with Gasteiger partial charge in [-0.1, -0.05) is 54.6 Å². The van der Waals surface area contributed by atoms with Crippen molar-refractivity contribution in [1.82, 2.24) is 15.4 Å². The number of aromatic nitrogens is 1. The van der Waals surface area contributed by atoms with Gasteiger partial charge in [0.25, 0.3) is 0 Å². The highest BCUT2D eigenvalue weighted by atomic mass is 32.1. The van der Waals surface area contributed by atoms with E-state index in [-0.39, 0.29) is 5.91 Å². The Morgan fingerprint density at radius 1 is 0.786 bits per heavy atom. The number of hydrazine groups is 1. The summed E-state index contributed by atoms with van der Waals surface area (Å²) in [5, 5.41) is 5.76. The van der Waals surface area contributed by atoms with Crippen molar-refractivity contribution < 1.29 is 4.79 Å². The van der Waals surface area contributed by atoms with E-state index in [9.17, 15) is 4.79 Å². The zero-order valence-corrected chi connectivity index (χ0v) is 16.0. The largest absolute Gasteiger partial charge is 0.340 e. The van der Waals surface area contributed by atoms with Crippen LogP contribution in [0.25, 0.3) is 21.8 Å². The molecule has 0 spiro atoms. The lowest BCUT2D eigenvalue weighted by molar-refractivity contribution is -0.121. The average molecular weight is 388 g/mol. The van der Waals surface area contributed by atoms with E-state index >= 15 is 0 Å². The number of nitrogens with zero attached hydrogens (tertiary/aromatic N) is 1. The van der Waals surface area contributed by atoms with Crippen molar-refractivity contribution in [2.75, 3.05) is 5.32 Å². The smallest absolute Gasteiger partial charge is 0.240 e. The summed E-state index contributed by atoms with van der Waals surface area (Å²) in [6.45, 7) is 0.584. The first-order chi connectivity index (χ1) is 13.7. The van der Waals surface area contributed by atoms with Crippen LogP contribution < -0.4 is 16.2 Å². The first kappa shape index (κ1) is 18.0. The van der Waals surface area contributed by atoms with Gasteiger partial charge >= 0.3 is 0 Å². The topological polar surface area (TPSA) is 58.1 Å². The first-order valence-electron chi connectivity index (χ1n) is 9.09. The summed E-state index contributed by atoms with van der Waals surface area (Å²) in [4.78, 5) is 12.3. The van der Waals surface area contributed by atoms with Gasteiger partial charge in [0.05, 0.1) is 0 Å². The zero-order valence-electron chi connectivity index (χ0n) is 15.2. The molecule has 0 bridgehead atoms. The van der Waals surface area contributed by atoms with E-state index in [0.717, 1.165) is 16.7 Å². The van der Waals surface area contributed by atoms with Gasteiger partial charge in [0, 0.05) is 40.5 Å². The van der Waals surface area contributed by atoms with Gasteiger partial charge in [-0.25, -0.2) is 0 Å². The third kappa shape index (κ3) is 3.82. The van der Waals surface area contributed by atoms with Crippen LogP contribution >= 0.6 is 12.2 Å². The standard InChI is InChI=1S/C22H20N4OS/c27-21(24-25-22(28)23-16-8-2-1-3-9-16)14-15-26-19-12-6-4-10-17(19)18-11-5-7-13-20(18)26/h1-13H,14-15H2,(H,24,27)(H2,23,25,28). The van der Waals surface area contributed by atoms with E-state index in [0.29, 0.717) is 18.1 Å². The third-order valence-corrected chi connectivity index (χ3v) is 4.79. The van der Waals surface area contributed by atoms with E-state index in [1.54, 1.807) is 0 Å². The SMILES string of the molecule is O=C(CCn1c2ccccc2c2ccccc21)NNC(=S)Nc1ccccc1. The van der Waals surface area contributed by atoms with Crippen LogP contribution in [0.3, 0.4) is 0 Å². The van der Waals surface area contributed by atoms with Crippen LogP contribution in [0, 0.1) is 0 Å². The van der Waals surface area contributed by atoms with E-state index in [1.165, 1.54) is 10.8 Å². The number of thiocarbonyl (C=S) groups is 1. The minimum absolute atomic E-state index is 0.126. The highest BCUT2D eigenvalue weighted by Crippen LogP contribution is 2.28. The second kappa shape index (κ2) is 8.10. The summed E-state index contributed by atoms with van der Waals surface area (Å²) in [6, 6.07) is 26.1. The van der Waals surface area contributed by atoms with Gasteiger partial charge in [-0.3, -0.25) is 15.6 Å². The van der Waals surface area contributed by atoms with Gasteiger partial charge in [-0.15, -0.1) is 0 Å². The quantitative estimate of drug-likeness (QED) is 0.362. The molecule has 1 heterocycles. The van der Waals surface area contributed by atoms with Gasteiger partial charge in [0.1, 0.15) is 0 Å². The molecule has 0 saturated carbocycles. The van der Waals surface area contributed by atoms with Crippen molar-refractivity contribution in [3.05, 3.63) is 78.9 Å². The minimum atomic E-state index is -0.126. The number of carbonyl (C=O) groups excluding carboxylic acids is 1. The fourth-order valence-corrected chi connectivity index (χ4v) is 3.50. The van der Waals surface area contributed by atoms with E-state index < -0.39 is 0 Å². The number of anilines is 1. The van der Waals surface area contributed by atoms with E-state index in [4.69, 9.17) is 12.2 Å². The number of nitrogens with one attached hydrogen (secondary N) is 3. The Labute approximate surface area is 168 Å². The minimum Gasteiger partial charge on any atom is -0.340 e. The molecular weight excluding hydrogens is 368 g/mol. The van der Waals surface area contributed by atoms with Gasteiger partial charge in [-0.2, -0.15) is 0 Å². The Bertz CT molecular complexity index is 1080. The molecule has 0 saturated heterocycles. The van der Waals surface area contributed by atoms with Gasteiger partial charge in [0.15, 0.2) is 5.11 Å². The Balaban J connectivity index is 1.39. The molecule has 3 aromatic carbocycles. The predicted octanol–water partition coefficient (Wildman–Crippen LogP) is 4.20. The van der Waals surface area contributed by atoms with Crippen LogP contribution in [0.4, 0.5) is 5.69 Å². The molecule has 0 aliphatic rings. The molecule has 0 fully saturated rings. The number of amides is 1. The maximum atomic E-state index is 12.3. The molecule has 140 valence electrons. The van der Waals surface area contributed by atoms with Crippen LogP contribution in [0.15, 0.2) is 78.9 Å². The van der Waals surface area contributed by atoms with Crippen molar-refractivity contribution in [3.8, 4) is 0 Å². The summed E-state index contributed by atoms with van der Waals surface area (Å²) in [5.41, 5.74) is 8.52. The lowest BCUT2D eigenvalue weighted by Crippen LogP contribution is -2.43. The average Bonchev–Trinajstić information content (AvgIpc) is 3.05. The zero-order chi connectivity index (χ0) is 19.3. The maximum absolute atomic E-state index is 12.3. The molecule has 0 atom stereocenters. The normalized spacial score (nSPS) is 10.7. The third-order valence-electron chi connectivity index (χ3n) is 4.59. The lowest BCUT2D eigenvalue weighted by Gasteiger charge is -2.12. The summed E-state index contributed by atoms with van der Waals surface area (Å²) in [6.07, 6.45) is 0.337. The van der Waals surface area contributed by atoms with Gasteiger partial charge < -0.3 is 9.88 Å². The summed E-state index contributed by atoms with van der Waals surface area (Å²) >= 11 is 5.20. The maximum Gasteiger partial charge on any atom is 0.240 e. The number of hydrogen-bond acceptors (Lipinski definition) is 2. The Morgan fingerprint density at radius 2 is 1.36 bits per heavy atom. The van der Waals surface area contributed by atoms with E-state index in [2.05, 4.69) is 45.0 Å². The summed E-state index contributed by atoms with van der Waals surface area (Å²) < 4.78 is 2.19. The number of para-hydroxylation sites is 3. The number of hydrogen-bond donors (Lipinski definition) is 3. The van der Waals surface area contributed by atoms with E-state index in [1.807, 2.05) is 54.6 Å². The van der Waals surface area contributed by atoms with Crippen molar-refractivity contribution >= 4 is 50.7 Å². The molecule has 28 heavy (non-hydrogen) atoms. The van der Waals surface area contributed by atoms with Crippen LogP contribution in [0.5, 0.6) is 0 Å². The van der Waals surface area contributed by atoms with Crippen LogP contribution in [-0.4, -0.2) is 15.6 Å². The Morgan fingerprint density at radius 3 is 2.00 bits per heavy atom. The Hall–Kier alpha value is -3.38. The Kier molecular flexibility index (Phi) is 5.21. The van der Waals surface area contributed by atoms with Crippen LogP contribution in [0.1, 0.15) is 6.42 Å². The highest BCUT2D eigenvalue weighted by Gasteiger charge is 2.11. The second-order valence-electron chi connectivity index (χ2n) is 6.43. The predicted molar refractivity (Wildman–Crippen MR) is 118 cm³/mol. The van der Waals surface area contributed by atoms with Crippen molar-refractivity contribution in [3.63, 3.8) is 0 Å². The molecule has 4 rings (SSSR count). The highest BCUT2D eigenvalue weighted by molar-refractivity contribution is 7.80. The van der Waals surface area contributed by atoms with Crippen LogP contribution in [-0.2, 0) is 11.3 Å². The monoisotopic (exact) mass is 388 g/mol. The number of fused-ring (bicyclic) bond motifs is 3. The molecule has 1 aromatic heterocycles. The lowest BCUT2D eigenvalue weighted by atomic mass is 10.2. The van der Waals surface area contributed by atoms with Gasteiger partial charge in [0.2, 0.25) is 5.91 Å². The number of benzene rings is 3. The molecule has 1 amide bonds. The summed E-state index contributed by atoms with van der Waals surface area (Å²) in [5.74, 6) is -0.126. The molecule has 6 heteroatoms. The molecular formula is C22H20N4OS. The second-order valence-corrected chi connectivity index (χ2v) is 6.84. The van der Waals surface area contributed by atoms with Crippen molar-refractivity contribution in [1.29, 1.82) is 0 Å². The molecule has 0 radical (unpaired) electrons. The first-order valence-corrected chi connectivity index (χ1v) is 9.50.